The lowest BCUT2D eigenvalue weighted by molar-refractivity contribution is 0.278. The molecule has 1 aliphatic carbocycles. The van der Waals surface area contributed by atoms with E-state index in [-0.39, 0.29) is 11.8 Å². The van der Waals surface area contributed by atoms with Crippen LogP contribution < -0.4 is 5.73 Å². The van der Waals surface area contributed by atoms with Crippen molar-refractivity contribution in [1.82, 2.24) is 0 Å². The van der Waals surface area contributed by atoms with E-state index in [4.69, 9.17) is 10.2 Å². The van der Waals surface area contributed by atoms with Gasteiger partial charge in [0.05, 0.1) is 23.4 Å². The smallest absolute Gasteiger partial charge is 0.215 e. The van der Waals surface area contributed by atoms with Crippen LogP contribution in [0.25, 0.3) is 0 Å². The Morgan fingerprint density at radius 2 is 2.35 bits per heavy atom. The van der Waals surface area contributed by atoms with E-state index in [1.54, 1.807) is 6.26 Å². The van der Waals surface area contributed by atoms with Crippen LogP contribution in [0.15, 0.2) is 38.0 Å². The minimum atomic E-state index is -0.437. The van der Waals surface area contributed by atoms with Gasteiger partial charge < -0.3 is 15.4 Å². The summed E-state index contributed by atoms with van der Waals surface area (Å²) in [5, 5.41) is 12.9. The first-order valence-electron chi connectivity index (χ1n) is 6.68. The Morgan fingerprint density at radius 3 is 3.00 bits per heavy atom. The molecule has 2 aliphatic rings. The number of fused-ring (bicyclic) bond motifs is 1. The fraction of sp³-hybridized carbons (Fsp3) is 0.500. The summed E-state index contributed by atoms with van der Waals surface area (Å²) in [6, 6.07) is 3.81. The SMILES string of the molecule is CC1=NC(N)=NC2(C)CC(c3ccco3)C/C(=N\O)C12. The number of aliphatic imine (C=N–C) groups is 2. The van der Waals surface area contributed by atoms with E-state index in [0.29, 0.717) is 18.1 Å². The van der Waals surface area contributed by atoms with Crippen molar-refractivity contribution in [2.75, 3.05) is 0 Å². The number of guanidine groups is 1. The molecule has 2 heterocycles. The van der Waals surface area contributed by atoms with Gasteiger partial charge in [0.15, 0.2) is 0 Å². The number of oxime groups is 1. The quantitative estimate of drug-likeness (QED) is 0.606. The maximum Gasteiger partial charge on any atom is 0.215 e. The van der Waals surface area contributed by atoms with Crippen LogP contribution in [0, 0.1) is 5.92 Å². The van der Waals surface area contributed by atoms with Gasteiger partial charge in [0, 0.05) is 11.6 Å². The molecule has 0 saturated heterocycles. The molecule has 0 amide bonds. The maximum atomic E-state index is 9.37. The summed E-state index contributed by atoms with van der Waals surface area (Å²) in [7, 11) is 0. The van der Waals surface area contributed by atoms with Crippen LogP contribution >= 0.6 is 0 Å². The monoisotopic (exact) mass is 274 g/mol. The normalized spacial score (nSPS) is 35.4. The van der Waals surface area contributed by atoms with Crippen LogP contribution in [0.2, 0.25) is 0 Å². The van der Waals surface area contributed by atoms with Crippen molar-refractivity contribution in [1.29, 1.82) is 0 Å². The molecule has 1 aliphatic heterocycles. The number of hydrogen-bond acceptors (Lipinski definition) is 6. The Bertz CT molecular complexity index is 603. The molecule has 0 spiro atoms. The van der Waals surface area contributed by atoms with Crippen LogP contribution in [0.1, 0.15) is 38.4 Å². The minimum absolute atomic E-state index is 0.0917. The second-order valence-corrected chi connectivity index (χ2v) is 5.73. The van der Waals surface area contributed by atoms with Crippen LogP contribution in [-0.4, -0.2) is 28.1 Å². The highest BCUT2D eigenvalue weighted by molar-refractivity contribution is 6.13. The van der Waals surface area contributed by atoms with Crippen molar-refractivity contribution < 1.29 is 9.62 Å². The summed E-state index contributed by atoms with van der Waals surface area (Å²) in [6.07, 6.45) is 3.09. The highest BCUT2D eigenvalue weighted by Crippen LogP contribution is 2.44. The van der Waals surface area contributed by atoms with Crippen molar-refractivity contribution in [2.45, 2.75) is 38.1 Å². The van der Waals surface area contributed by atoms with E-state index >= 15 is 0 Å². The van der Waals surface area contributed by atoms with Gasteiger partial charge in [0.25, 0.3) is 0 Å². The fourth-order valence-corrected chi connectivity index (χ4v) is 3.57. The highest BCUT2D eigenvalue weighted by atomic mass is 16.4. The van der Waals surface area contributed by atoms with Gasteiger partial charge in [-0.15, -0.1) is 0 Å². The number of nitrogens with two attached hydrogens (primary N) is 1. The van der Waals surface area contributed by atoms with E-state index in [1.165, 1.54) is 0 Å². The van der Waals surface area contributed by atoms with Gasteiger partial charge in [-0.1, -0.05) is 5.16 Å². The molecule has 3 N–H and O–H groups in total. The molecule has 0 aromatic carbocycles. The molecule has 1 aromatic heterocycles. The summed E-state index contributed by atoms with van der Waals surface area (Å²) >= 11 is 0. The molecule has 106 valence electrons. The maximum absolute atomic E-state index is 9.37. The topological polar surface area (TPSA) is 96.5 Å². The Hall–Kier alpha value is -2.11. The molecule has 6 heteroatoms. The minimum Gasteiger partial charge on any atom is -0.469 e. The van der Waals surface area contributed by atoms with Crippen molar-refractivity contribution in [3.05, 3.63) is 24.2 Å². The van der Waals surface area contributed by atoms with Gasteiger partial charge in [-0.3, -0.25) is 0 Å². The van der Waals surface area contributed by atoms with Crippen LogP contribution in [0.4, 0.5) is 0 Å². The summed E-state index contributed by atoms with van der Waals surface area (Å²) < 4.78 is 5.50. The van der Waals surface area contributed by atoms with E-state index in [1.807, 2.05) is 26.0 Å². The lowest BCUT2D eigenvalue weighted by Crippen LogP contribution is -2.51. The van der Waals surface area contributed by atoms with Gasteiger partial charge in [-0.25, -0.2) is 9.98 Å². The first-order chi connectivity index (χ1) is 9.53. The lowest BCUT2D eigenvalue weighted by atomic mass is 9.66. The van der Waals surface area contributed by atoms with Crippen LogP contribution in [-0.2, 0) is 0 Å². The number of hydrogen-bond donors (Lipinski definition) is 2. The summed E-state index contributed by atoms with van der Waals surface area (Å²) in [4.78, 5) is 8.75. The van der Waals surface area contributed by atoms with E-state index < -0.39 is 5.54 Å². The fourth-order valence-electron chi connectivity index (χ4n) is 3.57. The van der Waals surface area contributed by atoms with Gasteiger partial charge in [-0.2, -0.15) is 0 Å². The molecule has 20 heavy (non-hydrogen) atoms. The average Bonchev–Trinajstić information content (AvgIpc) is 2.89. The van der Waals surface area contributed by atoms with Crippen molar-refractivity contribution in [3.63, 3.8) is 0 Å². The molecule has 1 saturated carbocycles. The highest BCUT2D eigenvalue weighted by Gasteiger charge is 2.48. The van der Waals surface area contributed by atoms with Gasteiger partial charge >= 0.3 is 0 Å². The predicted molar refractivity (Wildman–Crippen MR) is 76.5 cm³/mol. The lowest BCUT2D eigenvalue weighted by Gasteiger charge is -2.43. The second kappa shape index (κ2) is 4.47. The molecule has 3 atom stereocenters. The van der Waals surface area contributed by atoms with Crippen LogP contribution in [0.5, 0.6) is 0 Å². The molecule has 3 unspecified atom stereocenters. The first kappa shape index (κ1) is 12.9. The van der Waals surface area contributed by atoms with Gasteiger partial charge in [-0.05, 0) is 38.8 Å². The third-order valence-electron chi connectivity index (χ3n) is 4.22. The average molecular weight is 274 g/mol. The zero-order valence-corrected chi connectivity index (χ0v) is 11.6. The van der Waals surface area contributed by atoms with Crippen molar-refractivity contribution in [3.8, 4) is 0 Å². The molecule has 0 bridgehead atoms. The van der Waals surface area contributed by atoms with E-state index in [9.17, 15) is 5.21 Å². The summed E-state index contributed by atoms with van der Waals surface area (Å²) in [5.41, 5.74) is 6.91. The first-order valence-corrected chi connectivity index (χ1v) is 6.68. The third kappa shape index (κ3) is 1.92. The van der Waals surface area contributed by atoms with Crippen LogP contribution in [0.3, 0.4) is 0 Å². The zero-order chi connectivity index (χ0) is 14.3. The molecular weight excluding hydrogens is 256 g/mol. The molecule has 6 nitrogen and oxygen atoms in total. The number of furan rings is 1. The Balaban J connectivity index is 2.02. The Morgan fingerprint density at radius 1 is 1.55 bits per heavy atom. The molecule has 3 rings (SSSR count). The predicted octanol–water partition coefficient (Wildman–Crippen LogP) is 2.15. The molecular formula is C14H18N4O2. The third-order valence-corrected chi connectivity index (χ3v) is 4.22. The summed E-state index contributed by atoms with van der Waals surface area (Å²) in [6.45, 7) is 3.94. The van der Waals surface area contributed by atoms with E-state index in [0.717, 1.165) is 17.9 Å². The Labute approximate surface area is 117 Å². The summed E-state index contributed by atoms with van der Waals surface area (Å²) in [5.74, 6) is 1.23. The number of nitrogens with zero attached hydrogens (tertiary/aromatic N) is 3. The molecule has 1 aromatic rings. The zero-order valence-electron chi connectivity index (χ0n) is 11.6. The van der Waals surface area contributed by atoms with Gasteiger partial charge in [0.2, 0.25) is 5.96 Å². The Kier molecular flexibility index (Phi) is 2.88. The molecule has 1 fully saturated rings. The standard InChI is InChI=1S/C14H18N4O2/c1-8-12-10(18-19)6-9(11-4-3-5-20-11)7-14(12,2)17-13(15)16-8/h3-5,9,12,19H,6-7H2,1-2H3,(H2,15,17)/b18-10+. The molecule has 0 radical (unpaired) electrons. The largest absolute Gasteiger partial charge is 0.469 e. The van der Waals surface area contributed by atoms with Gasteiger partial charge in [0.1, 0.15) is 5.76 Å². The number of rotatable bonds is 1. The van der Waals surface area contributed by atoms with E-state index in [2.05, 4.69) is 15.1 Å². The van der Waals surface area contributed by atoms with Crippen molar-refractivity contribution in [2.24, 2.45) is 26.8 Å². The van der Waals surface area contributed by atoms with Crippen molar-refractivity contribution >= 4 is 17.4 Å². The second-order valence-electron chi connectivity index (χ2n) is 5.73.